The Labute approximate surface area is 185 Å². The van der Waals surface area contributed by atoms with Crippen molar-refractivity contribution in [2.75, 3.05) is 18.0 Å². The van der Waals surface area contributed by atoms with Gasteiger partial charge in [0, 0.05) is 68.6 Å². The van der Waals surface area contributed by atoms with E-state index in [4.69, 9.17) is 0 Å². The number of halogens is 2. The van der Waals surface area contributed by atoms with Gasteiger partial charge in [0.2, 0.25) is 12.3 Å². The van der Waals surface area contributed by atoms with E-state index in [0.717, 1.165) is 39.5 Å². The Bertz CT molecular complexity index is 1150. The molecule has 0 spiro atoms. The summed E-state index contributed by atoms with van der Waals surface area (Å²) in [4.78, 5) is 15.8. The second kappa shape index (κ2) is 8.03. The monoisotopic (exact) mass is 440 g/mol. The standard InChI is InChI=1S/C23H26F2N6O/c1-14(32)30-6-5-20-19(13-30)23(28-27-20)31-11-15(8-22(24)25)7-17-9-16(3-4-21(17)31)18-10-26-29(2)12-18/h3-4,9-10,12,15,22H,5-8,11,13H2,1-2H3,(H,27,28)/t15-/m1/s1. The first-order chi connectivity index (χ1) is 15.4. The van der Waals surface area contributed by atoms with Crippen molar-refractivity contribution in [3.05, 3.63) is 47.4 Å². The van der Waals surface area contributed by atoms with E-state index in [1.54, 1.807) is 22.7 Å². The van der Waals surface area contributed by atoms with Crippen molar-refractivity contribution in [1.29, 1.82) is 0 Å². The maximum atomic E-state index is 13.3. The number of rotatable bonds is 4. The number of H-pyrrole nitrogens is 1. The number of carbonyl (C=O) groups excluding carboxylic acids is 1. The van der Waals surface area contributed by atoms with Crippen LogP contribution in [0.25, 0.3) is 11.1 Å². The number of nitrogens with zero attached hydrogens (tertiary/aromatic N) is 5. The summed E-state index contributed by atoms with van der Waals surface area (Å²) in [5.74, 6) is 0.574. The molecular weight excluding hydrogens is 414 g/mol. The molecule has 0 bridgehead atoms. The van der Waals surface area contributed by atoms with Crippen molar-refractivity contribution in [3.8, 4) is 11.1 Å². The number of nitrogens with one attached hydrogen (secondary N) is 1. The topological polar surface area (TPSA) is 70.1 Å². The maximum Gasteiger partial charge on any atom is 0.239 e. The SMILES string of the molecule is CC(=O)N1CCc2[nH]nc(N3C[C@@H](CC(F)F)Cc4cc(-c5cnn(C)c5)ccc43)c2C1. The molecule has 0 radical (unpaired) electrons. The van der Waals surface area contributed by atoms with Crippen molar-refractivity contribution in [2.24, 2.45) is 13.0 Å². The lowest BCUT2D eigenvalue weighted by Gasteiger charge is -2.36. The molecule has 0 aliphatic carbocycles. The Morgan fingerprint density at radius 3 is 2.88 bits per heavy atom. The quantitative estimate of drug-likeness (QED) is 0.672. The summed E-state index contributed by atoms with van der Waals surface area (Å²) in [5, 5.41) is 11.9. The van der Waals surface area contributed by atoms with Crippen LogP contribution in [0, 0.1) is 5.92 Å². The summed E-state index contributed by atoms with van der Waals surface area (Å²) in [5.41, 5.74) is 6.01. The van der Waals surface area contributed by atoms with Gasteiger partial charge in [-0.05, 0) is 35.6 Å². The summed E-state index contributed by atoms with van der Waals surface area (Å²) in [6.07, 6.45) is 2.54. The third kappa shape index (κ3) is 3.76. The molecule has 2 aliphatic rings. The van der Waals surface area contributed by atoms with Gasteiger partial charge in [-0.1, -0.05) is 6.07 Å². The molecule has 32 heavy (non-hydrogen) atoms. The van der Waals surface area contributed by atoms with E-state index in [0.29, 0.717) is 32.5 Å². The predicted octanol–water partition coefficient (Wildman–Crippen LogP) is 3.68. The number of amides is 1. The van der Waals surface area contributed by atoms with Crippen molar-refractivity contribution in [1.82, 2.24) is 24.9 Å². The number of hydrogen-bond donors (Lipinski definition) is 1. The summed E-state index contributed by atoms with van der Waals surface area (Å²) >= 11 is 0. The lowest BCUT2D eigenvalue weighted by molar-refractivity contribution is -0.129. The first-order valence-electron chi connectivity index (χ1n) is 10.9. The van der Waals surface area contributed by atoms with Gasteiger partial charge in [0.05, 0.1) is 12.7 Å². The third-order valence-corrected chi connectivity index (χ3v) is 6.48. The Hall–Kier alpha value is -3.23. The van der Waals surface area contributed by atoms with Crippen LogP contribution in [-0.4, -0.2) is 50.3 Å². The fourth-order valence-corrected chi connectivity index (χ4v) is 4.88. The summed E-state index contributed by atoms with van der Waals surface area (Å²) in [6, 6.07) is 6.16. The molecule has 0 saturated carbocycles. The third-order valence-electron chi connectivity index (χ3n) is 6.48. The normalized spacial score (nSPS) is 18.1. The molecular formula is C23H26F2N6O. The largest absolute Gasteiger partial charge is 0.338 e. The molecule has 9 heteroatoms. The molecule has 0 saturated heterocycles. The second-order valence-corrected chi connectivity index (χ2v) is 8.75. The number of aromatic nitrogens is 4. The highest BCUT2D eigenvalue weighted by Crippen LogP contribution is 2.41. The maximum absolute atomic E-state index is 13.3. The summed E-state index contributed by atoms with van der Waals surface area (Å²) < 4.78 is 28.4. The van der Waals surface area contributed by atoms with E-state index in [9.17, 15) is 13.6 Å². The van der Waals surface area contributed by atoms with Gasteiger partial charge in [-0.25, -0.2) is 8.78 Å². The van der Waals surface area contributed by atoms with Crippen LogP contribution in [-0.2, 0) is 31.2 Å². The fraction of sp³-hybridized carbons (Fsp3) is 0.435. The van der Waals surface area contributed by atoms with Gasteiger partial charge < -0.3 is 9.80 Å². The molecule has 2 aliphatic heterocycles. The van der Waals surface area contributed by atoms with E-state index in [2.05, 4.69) is 26.3 Å². The van der Waals surface area contributed by atoms with E-state index in [1.165, 1.54) is 0 Å². The molecule has 1 N–H and O–H groups in total. The number of fused-ring (bicyclic) bond motifs is 2. The smallest absolute Gasteiger partial charge is 0.239 e. The van der Waals surface area contributed by atoms with E-state index < -0.39 is 6.43 Å². The van der Waals surface area contributed by atoms with Gasteiger partial charge in [-0.15, -0.1) is 0 Å². The van der Waals surface area contributed by atoms with Crippen molar-refractivity contribution >= 4 is 17.4 Å². The molecule has 0 unspecified atom stereocenters. The first kappa shape index (κ1) is 20.7. The second-order valence-electron chi connectivity index (χ2n) is 8.75. The first-order valence-corrected chi connectivity index (χ1v) is 10.9. The molecule has 1 aromatic carbocycles. The van der Waals surface area contributed by atoms with E-state index >= 15 is 0 Å². The fourth-order valence-electron chi connectivity index (χ4n) is 4.88. The Morgan fingerprint density at radius 1 is 1.31 bits per heavy atom. The van der Waals surface area contributed by atoms with Gasteiger partial charge in [-0.3, -0.25) is 14.6 Å². The number of aryl methyl sites for hydroxylation is 1. The lowest BCUT2D eigenvalue weighted by Crippen LogP contribution is -2.36. The van der Waals surface area contributed by atoms with Crippen LogP contribution in [0.2, 0.25) is 0 Å². The average Bonchev–Trinajstić information content (AvgIpc) is 3.38. The number of hydrogen-bond acceptors (Lipinski definition) is 4. The van der Waals surface area contributed by atoms with Crippen molar-refractivity contribution < 1.29 is 13.6 Å². The highest BCUT2D eigenvalue weighted by Gasteiger charge is 2.33. The zero-order valence-corrected chi connectivity index (χ0v) is 18.2. The zero-order chi connectivity index (χ0) is 22.4. The van der Waals surface area contributed by atoms with Crippen molar-refractivity contribution in [3.63, 3.8) is 0 Å². The van der Waals surface area contributed by atoms with Crippen LogP contribution in [0.3, 0.4) is 0 Å². The molecule has 3 aromatic rings. The molecule has 1 atom stereocenters. The summed E-state index contributed by atoms with van der Waals surface area (Å²) in [7, 11) is 1.87. The summed E-state index contributed by atoms with van der Waals surface area (Å²) in [6.45, 7) is 3.18. The minimum Gasteiger partial charge on any atom is -0.338 e. The van der Waals surface area contributed by atoms with Crippen LogP contribution < -0.4 is 4.90 Å². The molecule has 1 amide bonds. The molecule has 7 nitrogen and oxygen atoms in total. The molecule has 2 aromatic heterocycles. The highest BCUT2D eigenvalue weighted by atomic mass is 19.3. The number of benzene rings is 1. The number of anilines is 2. The molecule has 5 rings (SSSR count). The van der Waals surface area contributed by atoms with Crippen molar-refractivity contribution in [2.45, 2.75) is 39.2 Å². The number of alkyl halides is 2. The van der Waals surface area contributed by atoms with Gasteiger partial charge in [0.15, 0.2) is 5.82 Å². The predicted molar refractivity (Wildman–Crippen MR) is 117 cm³/mol. The van der Waals surface area contributed by atoms with Gasteiger partial charge >= 0.3 is 0 Å². The van der Waals surface area contributed by atoms with E-state index in [1.807, 2.05) is 25.4 Å². The number of carbonyl (C=O) groups is 1. The molecule has 0 fully saturated rings. The van der Waals surface area contributed by atoms with Crippen LogP contribution in [0.5, 0.6) is 0 Å². The Kier molecular flexibility index (Phi) is 5.19. The van der Waals surface area contributed by atoms with Gasteiger partial charge in [0.25, 0.3) is 0 Å². The van der Waals surface area contributed by atoms with Gasteiger partial charge in [0.1, 0.15) is 0 Å². The van der Waals surface area contributed by atoms with Crippen LogP contribution in [0.1, 0.15) is 30.2 Å². The Balaban J connectivity index is 1.55. The number of aromatic amines is 1. The van der Waals surface area contributed by atoms with Crippen LogP contribution in [0.15, 0.2) is 30.6 Å². The highest BCUT2D eigenvalue weighted by molar-refractivity contribution is 5.76. The average molecular weight is 440 g/mol. The minimum absolute atomic E-state index is 0.0264. The van der Waals surface area contributed by atoms with E-state index in [-0.39, 0.29) is 18.2 Å². The van der Waals surface area contributed by atoms with Crippen LogP contribution >= 0.6 is 0 Å². The minimum atomic E-state index is -2.36. The van der Waals surface area contributed by atoms with Gasteiger partial charge in [-0.2, -0.15) is 10.2 Å². The Morgan fingerprint density at radius 2 is 2.16 bits per heavy atom. The van der Waals surface area contributed by atoms with Crippen LogP contribution in [0.4, 0.5) is 20.3 Å². The molecule has 4 heterocycles. The molecule has 168 valence electrons. The lowest BCUT2D eigenvalue weighted by atomic mass is 9.88. The zero-order valence-electron chi connectivity index (χ0n) is 18.2.